The number of aliphatic hydroxyl groups excluding tert-OH is 1. The molecule has 0 aliphatic heterocycles. The van der Waals surface area contributed by atoms with Crippen LogP contribution in [0.1, 0.15) is 18.1 Å². The topological polar surface area (TPSA) is 38.7 Å². The number of hydrogen-bond acceptors (Lipinski definition) is 3. The van der Waals surface area contributed by atoms with Gasteiger partial charge in [-0.15, -0.1) is 0 Å². The van der Waals surface area contributed by atoms with Crippen LogP contribution in [-0.4, -0.2) is 19.3 Å². The van der Waals surface area contributed by atoms with Crippen LogP contribution in [0, 0.1) is 0 Å². The Kier molecular flexibility index (Phi) is 4.35. The lowest BCUT2D eigenvalue weighted by atomic mass is 9.96. The van der Waals surface area contributed by atoms with Gasteiger partial charge in [-0.1, -0.05) is 18.7 Å². The average molecular weight is 234 g/mol. The van der Waals surface area contributed by atoms with Gasteiger partial charge in [0.25, 0.3) is 0 Å². The molecule has 0 saturated heterocycles. The van der Waals surface area contributed by atoms with Crippen LogP contribution in [0.2, 0.25) is 0 Å². The van der Waals surface area contributed by atoms with Gasteiger partial charge < -0.3 is 14.6 Å². The zero-order valence-electron chi connectivity index (χ0n) is 10.5. The van der Waals surface area contributed by atoms with Crippen molar-refractivity contribution in [2.75, 3.05) is 14.2 Å². The molecule has 0 aromatic heterocycles. The quantitative estimate of drug-likeness (QED) is 0.796. The molecule has 0 aliphatic carbocycles. The van der Waals surface area contributed by atoms with Crippen LogP contribution in [0.4, 0.5) is 0 Å². The third-order valence-corrected chi connectivity index (χ3v) is 2.62. The maximum atomic E-state index is 9.37. The Hall–Kier alpha value is -1.74. The first kappa shape index (κ1) is 13.3. The molecule has 0 fully saturated rings. The Balaban J connectivity index is 3.38. The summed E-state index contributed by atoms with van der Waals surface area (Å²) >= 11 is 0. The molecule has 0 saturated carbocycles. The number of methoxy groups -OCH3 is 2. The first-order chi connectivity index (χ1) is 8.04. The Morgan fingerprint density at radius 2 is 1.71 bits per heavy atom. The average Bonchev–Trinajstić information content (AvgIpc) is 2.35. The Morgan fingerprint density at radius 1 is 1.18 bits per heavy atom. The molecule has 0 heterocycles. The smallest absolute Gasteiger partial charge is 0.161 e. The van der Waals surface area contributed by atoms with E-state index in [1.165, 1.54) is 0 Å². The molecule has 1 aromatic rings. The number of rotatable bonds is 5. The van der Waals surface area contributed by atoms with E-state index >= 15 is 0 Å². The summed E-state index contributed by atoms with van der Waals surface area (Å²) in [6, 6.07) is 3.56. The fraction of sp³-hybridized carbons (Fsp3) is 0.286. The highest BCUT2D eigenvalue weighted by Gasteiger charge is 2.13. The van der Waals surface area contributed by atoms with E-state index < -0.39 is 0 Å². The standard InChI is InChI=1S/C14H18O3/c1-9(2)10(3)12-7-14(17-5)13(16-4)6-11(12)8-15/h6-7,15H,1,3,8H2,2,4-5H3. The van der Waals surface area contributed by atoms with Gasteiger partial charge in [-0.05, 0) is 35.8 Å². The molecule has 0 bridgehead atoms. The summed E-state index contributed by atoms with van der Waals surface area (Å²) in [5.41, 5.74) is 3.22. The highest BCUT2D eigenvalue weighted by Crippen LogP contribution is 2.34. The van der Waals surface area contributed by atoms with Gasteiger partial charge >= 0.3 is 0 Å². The van der Waals surface area contributed by atoms with Gasteiger partial charge in [0.2, 0.25) is 0 Å². The summed E-state index contributed by atoms with van der Waals surface area (Å²) in [7, 11) is 3.13. The zero-order chi connectivity index (χ0) is 13.0. The predicted molar refractivity (Wildman–Crippen MR) is 69.3 cm³/mol. The molecule has 17 heavy (non-hydrogen) atoms. The van der Waals surface area contributed by atoms with Gasteiger partial charge in [-0.25, -0.2) is 0 Å². The molecule has 3 heteroatoms. The van der Waals surface area contributed by atoms with Crippen LogP contribution >= 0.6 is 0 Å². The van der Waals surface area contributed by atoms with Crippen molar-refractivity contribution in [1.82, 2.24) is 0 Å². The van der Waals surface area contributed by atoms with Crippen LogP contribution in [0.15, 0.2) is 30.9 Å². The van der Waals surface area contributed by atoms with E-state index in [9.17, 15) is 5.11 Å². The normalized spacial score (nSPS) is 9.88. The second-order valence-electron chi connectivity index (χ2n) is 3.78. The van der Waals surface area contributed by atoms with E-state index in [0.717, 1.165) is 22.3 Å². The molecular weight excluding hydrogens is 216 g/mol. The van der Waals surface area contributed by atoms with Crippen molar-refractivity contribution in [3.8, 4) is 11.5 Å². The monoisotopic (exact) mass is 234 g/mol. The molecule has 0 radical (unpaired) electrons. The van der Waals surface area contributed by atoms with E-state index in [0.29, 0.717) is 11.5 Å². The first-order valence-corrected chi connectivity index (χ1v) is 5.26. The van der Waals surface area contributed by atoms with Crippen molar-refractivity contribution in [3.63, 3.8) is 0 Å². The van der Waals surface area contributed by atoms with E-state index in [1.807, 2.05) is 6.92 Å². The van der Waals surface area contributed by atoms with E-state index in [2.05, 4.69) is 13.2 Å². The van der Waals surface area contributed by atoms with E-state index in [4.69, 9.17) is 9.47 Å². The van der Waals surface area contributed by atoms with Gasteiger partial charge in [0.1, 0.15) is 0 Å². The van der Waals surface area contributed by atoms with Crippen molar-refractivity contribution in [3.05, 3.63) is 42.0 Å². The number of aliphatic hydroxyl groups is 1. The maximum Gasteiger partial charge on any atom is 0.161 e. The maximum absolute atomic E-state index is 9.37. The van der Waals surface area contributed by atoms with Crippen molar-refractivity contribution in [1.29, 1.82) is 0 Å². The summed E-state index contributed by atoms with van der Waals surface area (Å²) in [4.78, 5) is 0. The molecule has 0 spiro atoms. The lowest BCUT2D eigenvalue weighted by Gasteiger charge is -2.15. The van der Waals surface area contributed by atoms with E-state index in [1.54, 1.807) is 26.4 Å². The Bertz CT molecular complexity index is 447. The fourth-order valence-corrected chi connectivity index (χ4v) is 1.56. The summed E-state index contributed by atoms with van der Waals surface area (Å²) in [5.74, 6) is 1.21. The minimum Gasteiger partial charge on any atom is -0.493 e. The van der Waals surface area contributed by atoms with Gasteiger partial charge in [0.05, 0.1) is 20.8 Å². The minimum atomic E-state index is -0.0814. The SMILES string of the molecule is C=C(C)C(=C)c1cc(OC)c(OC)cc1CO. The highest BCUT2D eigenvalue weighted by atomic mass is 16.5. The molecule has 0 amide bonds. The molecule has 1 N–H and O–H groups in total. The third-order valence-electron chi connectivity index (χ3n) is 2.62. The molecule has 0 aliphatic rings. The van der Waals surface area contributed by atoms with Gasteiger partial charge in [0.15, 0.2) is 11.5 Å². The van der Waals surface area contributed by atoms with E-state index in [-0.39, 0.29) is 6.61 Å². The molecule has 0 unspecified atom stereocenters. The van der Waals surface area contributed by atoms with Crippen LogP contribution in [0.5, 0.6) is 11.5 Å². The minimum absolute atomic E-state index is 0.0814. The van der Waals surface area contributed by atoms with Crippen molar-refractivity contribution in [2.24, 2.45) is 0 Å². The summed E-state index contributed by atoms with van der Waals surface area (Å²) in [6.45, 7) is 9.60. The number of allylic oxidation sites excluding steroid dienone is 2. The molecule has 3 nitrogen and oxygen atoms in total. The van der Waals surface area contributed by atoms with Crippen LogP contribution < -0.4 is 9.47 Å². The predicted octanol–water partition coefficient (Wildman–Crippen LogP) is 2.79. The largest absolute Gasteiger partial charge is 0.493 e. The van der Waals surface area contributed by atoms with Gasteiger partial charge in [-0.3, -0.25) is 0 Å². The van der Waals surface area contributed by atoms with Crippen molar-refractivity contribution in [2.45, 2.75) is 13.5 Å². The highest BCUT2D eigenvalue weighted by molar-refractivity contribution is 5.79. The lowest BCUT2D eigenvalue weighted by Crippen LogP contribution is -1.98. The van der Waals surface area contributed by atoms with Crippen LogP contribution in [0.3, 0.4) is 0 Å². The summed E-state index contributed by atoms with van der Waals surface area (Å²) in [6.07, 6.45) is 0. The lowest BCUT2D eigenvalue weighted by molar-refractivity contribution is 0.280. The second kappa shape index (κ2) is 5.55. The first-order valence-electron chi connectivity index (χ1n) is 5.26. The second-order valence-corrected chi connectivity index (χ2v) is 3.78. The number of ether oxygens (including phenoxy) is 2. The zero-order valence-corrected chi connectivity index (χ0v) is 10.5. The molecule has 0 atom stereocenters. The summed E-state index contributed by atoms with van der Waals surface area (Å²) < 4.78 is 10.4. The molecule has 1 rings (SSSR count). The van der Waals surface area contributed by atoms with Crippen molar-refractivity contribution < 1.29 is 14.6 Å². The Labute approximate surface area is 102 Å². The number of benzene rings is 1. The number of hydrogen-bond donors (Lipinski definition) is 1. The third kappa shape index (κ3) is 2.68. The van der Waals surface area contributed by atoms with Gasteiger partial charge in [0, 0.05) is 0 Å². The molecule has 1 aromatic carbocycles. The summed E-state index contributed by atoms with van der Waals surface area (Å²) in [5, 5.41) is 9.37. The fourth-order valence-electron chi connectivity index (χ4n) is 1.56. The van der Waals surface area contributed by atoms with Crippen LogP contribution in [-0.2, 0) is 6.61 Å². The molecule has 92 valence electrons. The molecular formula is C14H18O3. The Morgan fingerprint density at radius 3 is 2.12 bits per heavy atom. The van der Waals surface area contributed by atoms with Gasteiger partial charge in [-0.2, -0.15) is 0 Å². The van der Waals surface area contributed by atoms with Crippen LogP contribution in [0.25, 0.3) is 5.57 Å². The van der Waals surface area contributed by atoms with Crippen molar-refractivity contribution >= 4 is 5.57 Å².